The molecule has 2 heterocycles. The Kier molecular flexibility index (Phi) is 4.31. The van der Waals surface area contributed by atoms with Gasteiger partial charge in [-0.05, 0) is 43.3 Å². The minimum absolute atomic E-state index is 0.200. The van der Waals surface area contributed by atoms with Gasteiger partial charge in [-0.3, -0.25) is 9.12 Å². The van der Waals surface area contributed by atoms with Crippen molar-refractivity contribution in [1.29, 1.82) is 0 Å². The molecule has 0 aliphatic heterocycles. The summed E-state index contributed by atoms with van der Waals surface area (Å²) in [6.07, 6.45) is 3.46. The van der Waals surface area contributed by atoms with Crippen molar-refractivity contribution in [3.05, 3.63) is 78.3 Å². The fraction of sp³-hybridized carbons (Fsp3) is 0.0526. The molecule has 0 unspecified atom stereocenters. The van der Waals surface area contributed by atoms with Crippen molar-refractivity contribution in [2.75, 3.05) is 4.72 Å². The van der Waals surface area contributed by atoms with Crippen LogP contribution in [0.1, 0.15) is 5.69 Å². The number of anilines is 1. The van der Waals surface area contributed by atoms with Crippen LogP contribution in [0.25, 0.3) is 17.0 Å². The minimum Gasteiger partial charge on any atom is -0.288 e. The van der Waals surface area contributed by atoms with Crippen LogP contribution in [0, 0.1) is 18.6 Å². The summed E-state index contributed by atoms with van der Waals surface area (Å²) in [5.41, 5.74) is 2.32. The molecule has 0 aliphatic rings. The summed E-state index contributed by atoms with van der Waals surface area (Å²) in [5.74, 6) is -1.36. The number of imidazole rings is 1. The lowest BCUT2D eigenvalue weighted by Gasteiger charge is -2.10. The second-order valence-electron chi connectivity index (χ2n) is 6.10. The molecule has 0 saturated carbocycles. The predicted octanol–water partition coefficient (Wildman–Crippen LogP) is 3.78. The molecule has 4 aromatic rings. The summed E-state index contributed by atoms with van der Waals surface area (Å²) in [6, 6.07) is 10.6. The molecule has 4 rings (SSSR count). The number of hydrogen-bond acceptors (Lipinski definition) is 4. The molecule has 2 aromatic carbocycles. The highest BCUT2D eigenvalue weighted by atomic mass is 32.2. The van der Waals surface area contributed by atoms with E-state index in [0.717, 1.165) is 17.8 Å². The van der Waals surface area contributed by atoms with E-state index >= 15 is 0 Å². The number of fused-ring (bicyclic) bond motifs is 1. The van der Waals surface area contributed by atoms with Gasteiger partial charge in [0.1, 0.15) is 16.5 Å². The van der Waals surface area contributed by atoms with Gasteiger partial charge in [0.25, 0.3) is 10.0 Å². The van der Waals surface area contributed by atoms with E-state index in [1.165, 1.54) is 6.07 Å². The van der Waals surface area contributed by atoms with Crippen LogP contribution in [-0.4, -0.2) is 22.8 Å². The van der Waals surface area contributed by atoms with E-state index in [4.69, 9.17) is 0 Å². The number of rotatable bonds is 4. The second-order valence-corrected chi connectivity index (χ2v) is 7.75. The topological polar surface area (TPSA) is 76.4 Å². The van der Waals surface area contributed by atoms with Crippen LogP contribution in [-0.2, 0) is 10.0 Å². The molecular formula is C19H14F2N4O2S. The zero-order valence-corrected chi connectivity index (χ0v) is 15.4. The standard InChI is InChI=1S/C19H14F2N4O2S/c1-12-18(23-19-22-8-3-9-25(12)19)13-4-2-5-15(10-13)24-28(26,27)17-11-14(20)6-7-16(17)21/h2-11,24H,1H3. The van der Waals surface area contributed by atoms with E-state index in [1.807, 2.05) is 17.5 Å². The summed E-state index contributed by atoms with van der Waals surface area (Å²) in [6.45, 7) is 1.87. The van der Waals surface area contributed by atoms with Crippen LogP contribution >= 0.6 is 0 Å². The highest BCUT2D eigenvalue weighted by Crippen LogP contribution is 2.27. The predicted molar refractivity (Wildman–Crippen MR) is 100 cm³/mol. The smallest absolute Gasteiger partial charge is 0.264 e. The highest BCUT2D eigenvalue weighted by Gasteiger charge is 2.20. The summed E-state index contributed by atoms with van der Waals surface area (Å²) >= 11 is 0. The lowest BCUT2D eigenvalue weighted by atomic mass is 10.1. The van der Waals surface area contributed by atoms with Gasteiger partial charge in [0.2, 0.25) is 5.78 Å². The third kappa shape index (κ3) is 3.20. The lowest BCUT2D eigenvalue weighted by Crippen LogP contribution is -2.15. The van der Waals surface area contributed by atoms with Gasteiger partial charge in [-0.2, -0.15) is 0 Å². The van der Waals surface area contributed by atoms with Gasteiger partial charge >= 0.3 is 0 Å². The summed E-state index contributed by atoms with van der Waals surface area (Å²) in [7, 11) is -4.30. The largest absolute Gasteiger partial charge is 0.288 e. The Labute approximate surface area is 159 Å². The number of sulfonamides is 1. The molecule has 0 saturated heterocycles. The molecule has 2 aromatic heterocycles. The van der Waals surface area contributed by atoms with Crippen LogP contribution in [0.3, 0.4) is 0 Å². The third-order valence-electron chi connectivity index (χ3n) is 4.21. The second kappa shape index (κ2) is 6.68. The molecule has 1 N–H and O–H groups in total. The van der Waals surface area contributed by atoms with Gasteiger partial charge in [-0.15, -0.1) is 0 Å². The van der Waals surface area contributed by atoms with Gasteiger partial charge in [0.05, 0.1) is 5.69 Å². The van der Waals surface area contributed by atoms with E-state index in [0.29, 0.717) is 23.1 Å². The van der Waals surface area contributed by atoms with Crippen molar-refractivity contribution in [3.63, 3.8) is 0 Å². The molecule has 0 radical (unpaired) electrons. The molecule has 6 nitrogen and oxygen atoms in total. The molecule has 0 bridgehead atoms. The van der Waals surface area contributed by atoms with E-state index in [1.54, 1.807) is 30.5 Å². The van der Waals surface area contributed by atoms with Crippen molar-refractivity contribution < 1.29 is 17.2 Å². The number of halogens is 2. The molecule has 0 spiro atoms. The maximum atomic E-state index is 13.9. The molecular weight excluding hydrogens is 386 g/mol. The van der Waals surface area contributed by atoms with Gasteiger partial charge in [-0.1, -0.05) is 12.1 Å². The zero-order chi connectivity index (χ0) is 19.9. The summed E-state index contributed by atoms with van der Waals surface area (Å²) < 4.78 is 56.3. The van der Waals surface area contributed by atoms with Crippen LogP contribution in [0.15, 0.2) is 65.8 Å². The average molecular weight is 400 g/mol. The van der Waals surface area contributed by atoms with Crippen molar-refractivity contribution in [1.82, 2.24) is 14.4 Å². The molecule has 0 amide bonds. The SMILES string of the molecule is Cc1c(-c2cccc(NS(=O)(=O)c3cc(F)ccc3F)c2)nc2ncccn12. The maximum absolute atomic E-state index is 13.9. The average Bonchev–Trinajstić information content (AvgIpc) is 3.00. The van der Waals surface area contributed by atoms with Crippen molar-refractivity contribution in [3.8, 4) is 11.3 Å². The van der Waals surface area contributed by atoms with Gasteiger partial charge in [0, 0.05) is 29.3 Å². The highest BCUT2D eigenvalue weighted by molar-refractivity contribution is 7.92. The van der Waals surface area contributed by atoms with Crippen LogP contribution in [0.2, 0.25) is 0 Å². The zero-order valence-electron chi connectivity index (χ0n) is 14.6. The number of nitrogens with zero attached hydrogens (tertiary/aromatic N) is 3. The maximum Gasteiger partial charge on any atom is 0.264 e. The number of hydrogen-bond donors (Lipinski definition) is 1. The first-order valence-corrected chi connectivity index (χ1v) is 9.71. The first kappa shape index (κ1) is 18.1. The van der Waals surface area contributed by atoms with E-state index in [9.17, 15) is 17.2 Å². The quantitative estimate of drug-likeness (QED) is 0.566. The van der Waals surface area contributed by atoms with Crippen LogP contribution in [0.5, 0.6) is 0 Å². The van der Waals surface area contributed by atoms with Crippen molar-refractivity contribution >= 4 is 21.5 Å². The number of aromatic nitrogens is 3. The molecule has 0 fully saturated rings. The van der Waals surface area contributed by atoms with Gasteiger partial charge in [0.15, 0.2) is 0 Å². The molecule has 0 atom stereocenters. The lowest BCUT2D eigenvalue weighted by molar-refractivity contribution is 0.555. The Morgan fingerprint density at radius 3 is 2.68 bits per heavy atom. The number of nitrogens with one attached hydrogen (secondary N) is 1. The van der Waals surface area contributed by atoms with Gasteiger partial charge in [-0.25, -0.2) is 27.2 Å². The molecule has 142 valence electrons. The van der Waals surface area contributed by atoms with Crippen molar-refractivity contribution in [2.24, 2.45) is 0 Å². The normalized spacial score (nSPS) is 11.7. The van der Waals surface area contributed by atoms with Crippen LogP contribution < -0.4 is 4.72 Å². The molecule has 28 heavy (non-hydrogen) atoms. The Morgan fingerprint density at radius 2 is 1.89 bits per heavy atom. The summed E-state index contributed by atoms with van der Waals surface area (Å²) in [5, 5.41) is 0. The Bertz CT molecular complexity index is 1300. The monoisotopic (exact) mass is 400 g/mol. The Morgan fingerprint density at radius 1 is 1.07 bits per heavy atom. The summed E-state index contributed by atoms with van der Waals surface area (Å²) in [4.78, 5) is 7.90. The number of aryl methyl sites for hydroxylation is 1. The Hall–Kier alpha value is -3.33. The van der Waals surface area contributed by atoms with E-state index < -0.39 is 26.6 Å². The Balaban J connectivity index is 1.73. The van der Waals surface area contributed by atoms with Gasteiger partial charge < -0.3 is 0 Å². The third-order valence-corrected chi connectivity index (χ3v) is 5.61. The molecule has 9 heteroatoms. The van der Waals surface area contributed by atoms with E-state index in [2.05, 4.69) is 14.7 Å². The minimum atomic E-state index is -4.30. The fourth-order valence-corrected chi connectivity index (χ4v) is 4.04. The van der Waals surface area contributed by atoms with Crippen molar-refractivity contribution in [2.45, 2.75) is 11.8 Å². The first-order valence-electron chi connectivity index (χ1n) is 8.23. The van der Waals surface area contributed by atoms with Crippen LogP contribution in [0.4, 0.5) is 14.5 Å². The van der Waals surface area contributed by atoms with E-state index in [-0.39, 0.29) is 5.69 Å². The first-order chi connectivity index (χ1) is 13.3. The fourth-order valence-electron chi connectivity index (χ4n) is 2.90. The molecule has 0 aliphatic carbocycles. The number of benzene rings is 2.